The van der Waals surface area contributed by atoms with Crippen LogP contribution in [0.2, 0.25) is 0 Å². The highest BCUT2D eigenvalue weighted by molar-refractivity contribution is 6.08. The molecule has 2 heterocycles. The molecule has 0 aromatic heterocycles. The van der Waals surface area contributed by atoms with Gasteiger partial charge in [0.2, 0.25) is 0 Å². The third-order valence-corrected chi connectivity index (χ3v) is 7.76. The van der Waals surface area contributed by atoms with Crippen molar-refractivity contribution < 1.29 is 40.3 Å². The lowest BCUT2D eigenvalue weighted by Gasteiger charge is -2.25. The number of carbonyl (C=O) groups excluding carboxylic acids is 1. The molecular weight excluding hydrogens is 539 g/mol. The first-order chi connectivity index (χ1) is 18.7. The lowest BCUT2D eigenvalue weighted by Crippen LogP contribution is -2.29. The molecule has 0 saturated carbocycles. The van der Waals surface area contributed by atoms with Gasteiger partial charge in [0.15, 0.2) is 11.6 Å². The molecule has 0 radical (unpaired) electrons. The average Bonchev–Trinajstić information content (AvgIpc) is 3.31. The van der Waals surface area contributed by atoms with E-state index in [2.05, 4.69) is 0 Å². The summed E-state index contributed by atoms with van der Waals surface area (Å²) in [7, 11) is 0. The largest absolute Gasteiger partial charge is 0.490 e. The second-order valence-electron chi connectivity index (χ2n) is 10.2. The van der Waals surface area contributed by atoms with Gasteiger partial charge in [0, 0.05) is 23.4 Å². The van der Waals surface area contributed by atoms with Crippen molar-refractivity contribution in [3.8, 4) is 16.9 Å². The van der Waals surface area contributed by atoms with Crippen LogP contribution in [-0.2, 0) is 31.6 Å². The Kier molecular flexibility index (Phi) is 6.87. The van der Waals surface area contributed by atoms with Gasteiger partial charge in [-0.15, -0.1) is 0 Å². The molecule has 0 spiro atoms. The summed E-state index contributed by atoms with van der Waals surface area (Å²) in [5, 5.41) is 0. The van der Waals surface area contributed by atoms with E-state index in [9.17, 15) is 31.1 Å². The first-order valence-electron chi connectivity index (χ1n) is 12.9. The Balaban J connectivity index is 1.67. The summed E-state index contributed by atoms with van der Waals surface area (Å²) >= 11 is 0. The highest BCUT2D eigenvalue weighted by Gasteiger charge is 2.39. The molecular formula is C30H26F7NO2. The highest BCUT2D eigenvalue weighted by atomic mass is 19.4. The van der Waals surface area contributed by atoms with Crippen LogP contribution < -0.4 is 9.64 Å². The Bertz CT molecular complexity index is 1490. The topological polar surface area (TPSA) is 29.5 Å². The van der Waals surface area contributed by atoms with Gasteiger partial charge in [-0.25, -0.2) is 4.39 Å². The number of alkyl halides is 6. The Morgan fingerprint density at radius 1 is 0.925 bits per heavy atom. The van der Waals surface area contributed by atoms with Crippen molar-refractivity contribution in [1.82, 2.24) is 0 Å². The number of anilines is 1. The molecule has 0 atom stereocenters. The molecule has 2 aliphatic heterocycles. The fourth-order valence-electron chi connectivity index (χ4n) is 5.87. The molecule has 3 aromatic rings. The number of carbonyl (C=O) groups is 1. The van der Waals surface area contributed by atoms with Gasteiger partial charge < -0.3 is 9.64 Å². The van der Waals surface area contributed by atoms with Crippen LogP contribution in [0.25, 0.3) is 11.1 Å². The van der Waals surface area contributed by atoms with Crippen molar-refractivity contribution in [2.45, 2.75) is 58.8 Å². The Morgan fingerprint density at radius 2 is 1.57 bits per heavy atom. The van der Waals surface area contributed by atoms with Crippen LogP contribution in [0.5, 0.6) is 5.75 Å². The van der Waals surface area contributed by atoms with Crippen molar-refractivity contribution in [3.63, 3.8) is 0 Å². The lowest BCUT2D eigenvalue weighted by atomic mass is 9.84. The SMILES string of the molecule is CCc1c(C)cc2c(c1-c1cc(F)c3c(c1C)CCCO3)CCN2C(=O)c1cc(C(F)(F)F)cc(C(F)(F)F)c1. The van der Waals surface area contributed by atoms with E-state index in [4.69, 9.17) is 4.74 Å². The van der Waals surface area contributed by atoms with Gasteiger partial charge in [-0.3, -0.25) is 4.79 Å². The third-order valence-electron chi connectivity index (χ3n) is 7.76. The number of rotatable bonds is 3. The normalized spacial score (nSPS) is 15.1. The number of fused-ring (bicyclic) bond motifs is 2. The van der Waals surface area contributed by atoms with Gasteiger partial charge in [-0.1, -0.05) is 6.92 Å². The minimum absolute atomic E-state index is 0.00160. The predicted molar refractivity (Wildman–Crippen MR) is 136 cm³/mol. The average molecular weight is 566 g/mol. The zero-order chi connectivity index (χ0) is 29.1. The van der Waals surface area contributed by atoms with E-state index in [1.807, 2.05) is 20.8 Å². The van der Waals surface area contributed by atoms with Crippen molar-refractivity contribution in [3.05, 3.63) is 80.7 Å². The summed E-state index contributed by atoms with van der Waals surface area (Å²) in [6.07, 6.45) is -7.86. The van der Waals surface area contributed by atoms with E-state index in [1.165, 1.54) is 11.0 Å². The zero-order valence-electron chi connectivity index (χ0n) is 22.0. The summed E-state index contributed by atoms with van der Waals surface area (Å²) < 4.78 is 101. The summed E-state index contributed by atoms with van der Waals surface area (Å²) in [5.41, 5.74) is 2.02. The molecule has 5 rings (SSSR count). The van der Waals surface area contributed by atoms with E-state index >= 15 is 4.39 Å². The first kappa shape index (κ1) is 28.0. The Morgan fingerprint density at radius 3 is 2.17 bits per heavy atom. The summed E-state index contributed by atoms with van der Waals surface area (Å²) in [6, 6.07) is 4.05. The predicted octanol–water partition coefficient (Wildman–Crippen LogP) is 8.24. The van der Waals surface area contributed by atoms with Gasteiger partial charge in [0.25, 0.3) is 5.91 Å². The van der Waals surface area contributed by atoms with Crippen molar-refractivity contribution >= 4 is 11.6 Å². The minimum atomic E-state index is -5.07. The van der Waals surface area contributed by atoms with Gasteiger partial charge in [0.05, 0.1) is 17.7 Å². The maximum Gasteiger partial charge on any atom is 0.416 e. The fourth-order valence-corrected chi connectivity index (χ4v) is 5.87. The van der Waals surface area contributed by atoms with Crippen LogP contribution in [0.3, 0.4) is 0 Å². The van der Waals surface area contributed by atoms with Crippen LogP contribution in [0, 0.1) is 19.7 Å². The molecule has 0 unspecified atom stereocenters. The number of hydrogen-bond acceptors (Lipinski definition) is 2. The quantitative estimate of drug-likeness (QED) is 0.300. The first-order valence-corrected chi connectivity index (χ1v) is 12.9. The summed E-state index contributed by atoms with van der Waals surface area (Å²) in [5.74, 6) is -1.23. The van der Waals surface area contributed by atoms with Crippen LogP contribution in [0.15, 0.2) is 30.3 Å². The smallest absolute Gasteiger partial charge is 0.416 e. The van der Waals surface area contributed by atoms with E-state index in [0.29, 0.717) is 54.8 Å². The molecule has 0 bridgehead atoms. The summed E-state index contributed by atoms with van der Waals surface area (Å²) in [6.45, 7) is 6.13. The maximum atomic E-state index is 15.2. The number of ether oxygens (including phenoxy) is 1. The zero-order valence-corrected chi connectivity index (χ0v) is 22.0. The van der Waals surface area contributed by atoms with Crippen LogP contribution in [0.4, 0.5) is 36.4 Å². The molecule has 0 saturated heterocycles. The molecule has 10 heteroatoms. The number of benzene rings is 3. The molecule has 0 aliphatic carbocycles. The van der Waals surface area contributed by atoms with Gasteiger partial charge in [0.1, 0.15) is 0 Å². The number of hydrogen-bond donors (Lipinski definition) is 0. The molecule has 1 amide bonds. The van der Waals surface area contributed by atoms with Crippen molar-refractivity contribution in [2.24, 2.45) is 0 Å². The second-order valence-corrected chi connectivity index (χ2v) is 10.2. The Labute approximate surface area is 226 Å². The van der Waals surface area contributed by atoms with Crippen molar-refractivity contribution in [2.75, 3.05) is 18.1 Å². The fraction of sp³-hybridized carbons (Fsp3) is 0.367. The molecule has 0 N–H and O–H groups in total. The molecule has 0 fully saturated rings. The van der Waals surface area contributed by atoms with E-state index in [0.717, 1.165) is 34.2 Å². The lowest BCUT2D eigenvalue weighted by molar-refractivity contribution is -0.143. The number of nitrogens with zero attached hydrogens (tertiary/aromatic N) is 1. The standard InChI is InChI=1S/C30H26F7NO2/c1-4-20-15(2)10-25-22(26(20)23-14-24(31)27-21(16(23)3)6-5-9-40-27)7-8-38(25)28(39)17-11-18(29(32,33)34)13-19(12-17)30(35,36)37/h10-14H,4-9H2,1-3H3. The van der Waals surface area contributed by atoms with Crippen LogP contribution >= 0.6 is 0 Å². The number of halogens is 7. The van der Waals surface area contributed by atoms with E-state index < -0.39 is 40.8 Å². The molecule has 2 aliphatic rings. The van der Waals surface area contributed by atoms with Gasteiger partial charge >= 0.3 is 12.4 Å². The van der Waals surface area contributed by atoms with E-state index in [1.54, 1.807) is 6.07 Å². The minimum Gasteiger partial charge on any atom is -0.490 e. The summed E-state index contributed by atoms with van der Waals surface area (Å²) in [4.78, 5) is 14.7. The van der Waals surface area contributed by atoms with Gasteiger partial charge in [-0.2, -0.15) is 26.3 Å². The maximum absolute atomic E-state index is 15.2. The van der Waals surface area contributed by atoms with Gasteiger partial charge in [-0.05, 0) is 103 Å². The second kappa shape index (κ2) is 9.82. The molecule has 40 heavy (non-hydrogen) atoms. The number of amides is 1. The van der Waals surface area contributed by atoms with Crippen LogP contribution in [0.1, 0.15) is 62.6 Å². The van der Waals surface area contributed by atoms with Crippen molar-refractivity contribution in [1.29, 1.82) is 0 Å². The van der Waals surface area contributed by atoms with E-state index in [-0.39, 0.29) is 18.4 Å². The molecule has 212 valence electrons. The molecule has 3 aromatic carbocycles. The Hall–Kier alpha value is -3.56. The number of aryl methyl sites for hydroxylation is 1. The molecule has 3 nitrogen and oxygen atoms in total. The monoisotopic (exact) mass is 565 g/mol. The highest BCUT2D eigenvalue weighted by Crippen LogP contribution is 2.46. The van der Waals surface area contributed by atoms with Crippen LogP contribution in [-0.4, -0.2) is 19.1 Å². The third kappa shape index (κ3) is 4.71.